The van der Waals surface area contributed by atoms with E-state index < -0.39 is 5.60 Å². The van der Waals surface area contributed by atoms with Gasteiger partial charge in [-0.1, -0.05) is 23.7 Å². The van der Waals surface area contributed by atoms with Gasteiger partial charge in [0.15, 0.2) is 0 Å². The van der Waals surface area contributed by atoms with E-state index in [2.05, 4.69) is 10.00 Å². The summed E-state index contributed by atoms with van der Waals surface area (Å²) in [5.74, 6) is 0.855. The summed E-state index contributed by atoms with van der Waals surface area (Å²) < 4.78 is 7.09. The molecule has 0 unspecified atom stereocenters. The monoisotopic (exact) mass is 377 g/mol. The average Bonchev–Trinajstić information content (AvgIpc) is 3.06. The van der Waals surface area contributed by atoms with Crippen molar-refractivity contribution in [1.82, 2.24) is 14.7 Å². The number of hydrogen-bond donors (Lipinski definition) is 1. The summed E-state index contributed by atoms with van der Waals surface area (Å²) in [5.41, 5.74) is 0.580. The number of halogens is 1. The fourth-order valence-electron chi connectivity index (χ4n) is 3.56. The van der Waals surface area contributed by atoms with Gasteiger partial charge < -0.3 is 14.7 Å². The summed E-state index contributed by atoms with van der Waals surface area (Å²) in [6.07, 6.45) is 8.13. The zero-order chi connectivity index (χ0) is 18.4. The Bertz CT molecular complexity index is 679. The highest BCUT2D eigenvalue weighted by atomic mass is 35.5. The summed E-state index contributed by atoms with van der Waals surface area (Å²) in [5, 5.41) is 15.8. The molecule has 6 heteroatoms. The van der Waals surface area contributed by atoms with Gasteiger partial charge in [-0.3, -0.25) is 4.68 Å². The fraction of sp³-hybridized carbons (Fsp3) is 0.550. The molecule has 0 radical (unpaired) electrons. The lowest BCUT2D eigenvalue weighted by Gasteiger charge is -2.38. The molecule has 0 amide bonds. The number of ether oxygens (including phenoxy) is 1. The number of methoxy groups -OCH3 is 1. The molecule has 1 aromatic carbocycles. The zero-order valence-electron chi connectivity index (χ0n) is 15.4. The maximum Gasteiger partial charge on any atom is 0.118 e. The fourth-order valence-corrected chi connectivity index (χ4v) is 3.72. The molecule has 0 aliphatic carbocycles. The standard InChI is InChI=1S/C20H28ClN3O2/c1-26-19-6-4-17(5-7-19)14-20(25)8-12-23(13-9-20)10-2-3-11-24-16-18(21)15-22-24/h4-7,15-16,25H,2-3,8-14H2,1H3. The third-order valence-electron chi connectivity index (χ3n) is 5.19. The summed E-state index contributed by atoms with van der Waals surface area (Å²) in [6, 6.07) is 8.01. The molecule has 1 N–H and O–H groups in total. The number of aryl methyl sites for hydroxylation is 1. The first-order valence-electron chi connectivity index (χ1n) is 9.32. The second-order valence-corrected chi connectivity index (χ2v) is 7.66. The summed E-state index contributed by atoms with van der Waals surface area (Å²) in [7, 11) is 1.67. The Kier molecular flexibility index (Phi) is 6.57. The van der Waals surface area contributed by atoms with Gasteiger partial charge >= 0.3 is 0 Å². The van der Waals surface area contributed by atoms with E-state index in [-0.39, 0.29) is 0 Å². The molecule has 1 saturated heterocycles. The van der Waals surface area contributed by atoms with Crippen molar-refractivity contribution in [3.8, 4) is 5.75 Å². The molecule has 26 heavy (non-hydrogen) atoms. The minimum atomic E-state index is -0.586. The summed E-state index contributed by atoms with van der Waals surface area (Å²) >= 11 is 5.87. The van der Waals surface area contributed by atoms with Gasteiger partial charge in [0.1, 0.15) is 5.75 Å². The first-order valence-corrected chi connectivity index (χ1v) is 9.70. The molecular formula is C20H28ClN3O2. The van der Waals surface area contributed by atoms with Crippen LogP contribution in [0.25, 0.3) is 0 Å². The molecule has 1 fully saturated rings. The molecule has 1 aliphatic heterocycles. The van der Waals surface area contributed by atoms with Crippen molar-refractivity contribution in [1.29, 1.82) is 0 Å². The normalized spacial score (nSPS) is 17.3. The van der Waals surface area contributed by atoms with Crippen molar-refractivity contribution >= 4 is 11.6 Å². The molecule has 142 valence electrons. The number of hydrogen-bond acceptors (Lipinski definition) is 4. The van der Waals surface area contributed by atoms with Crippen LogP contribution in [0.3, 0.4) is 0 Å². The second-order valence-electron chi connectivity index (χ2n) is 7.22. The Morgan fingerprint density at radius 3 is 2.46 bits per heavy atom. The van der Waals surface area contributed by atoms with Crippen LogP contribution in [0, 0.1) is 0 Å². The molecule has 3 rings (SSSR count). The van der Waals surface area contributed by atoms with Gasteiger partial charge in [-0.25, -0.2) is 0 Å². The highest BCUT2D eigenvalue weighted by Gasteiger charge is 2.32. The lowest BCUT2D eigenvalue weighted by atomic mass is 9.85. The van der Waals surface area contributed by atoms with Crippen LogP contribution in [0.5, 0.6) is 5.75 Å². The van der Waals surface area contributed by atoms with Crippen molar-refractivity contribution in [3.05, 3.63) is 47.2 Å². The first kappa shape index (κ1) is 19.2. The maximum atomic E-state index is 10.9. The molecule has 0 saturated carbocycles. The Morgan fingerprint density at radius 2 is 1.85 bits per heavy atom. The highest BCUT2D eigenvalue weighted by molar-refractivity contribution is 6.30. The molecular weight excluding hydrogens is 350 g/mol. The second kappa shape index (κ2) is 8.89. The Labute approximate surface area is 160 Å². The quantitative estimate of drug-likeness (QED) is 0.716. The molecule has 1 aromatic heterocycles. The van der Waals surface area contributed by atoms with Crippen molar-refractivity contribution in [2.45, 2.75) is 44.2 Å². The molecule has 0 atom stereocenters. The minimum Gasteiger partial charge on any atom is -0.497 e. The summed E-state index contributed by atoms with van der Waals surface area (Å²) in [4.78, 5) is 2.46. The van der Waals surface area contributed by atoms with E-state index in [0.29, 0.717) is 11.4 Å². The topological polar surface area (TPSA) is 50.5 Å². The molecule has 2 heterocycles. The Morgan fingerprint density at radius 1 is 1.15 bits per heavy atom. The molecule has 0 bridgehead atoms. The number of unbranched alkanes of at least 4 members (excludes halogenated alkanes) is 1. The van der Waals surface area contributed by atoms with Crippen LogP contribution in [-0.4, -0.2) is 52.1 Å². The van der Waals surface area contributed by atoms with Crippen LogP contribution in [0.1, 0.15) is 31.2 Å². The van der Waals surface area contributed by atoms with E-state index in [1.807, 2.05) is 35.1 Å². The predicted octanol–water partition coefficient (Wildman–Crippen LogP) is 3.39. The Balaban J connectivity index is 1.37. The van der Waals surface area contributed by atoms with Crippen LogP contribution < -0.4 is 4.74 Å². The van der Waals surface area contributed by atoms with Crippen LogP contribution in [0.4, 0.5) is 0 Å². The van der Waals surface area contributed by atoms with Crippen LogP contribution in [0.15, 0.2) is 36.7 Å². The van der Waals surface area contributed by atoms with E-state index in [1.54, 1.807) is 13.3 Å². The van der Waals surface area contributed by atoms with Gasteiger partial charge in [-0.15, -0.1) is 0 Å². The lowest BCUT2D eigenvalue weighted by Crippen LogP contribution is -2.45. The number of aromatic nitrogens is 2. The van der Waals surface area contributed by atoms with E-state index in [1.165, 1.54) is 5.56 Å². The van der Waals surface area contributed by atoms with Crippen LogP contribution in [-0.2, 0) is 13.0 Å². The summed E-state index contributed by atoms with van der Waals surface area (Å²) in [6.45, 7) is 3.90. The van der Waals surface area contributed by atoms with Gasteiger partial charge in [0.25, 0.3) is 0 Å². The highest BCUT2D eigenvalue weighted by Crippen LogP contribution is 2.27. The van der Waals surface area contributed by atoms with Crippen molar-refractivity contribution in [2.75, 3.05) is 26.7 Å². The van der Waals surface area contributed by atoms with Crippen molar-refractivity contribution in [2.24, 2.45) is 0 Å². The lowest BCUT2D eigenvalue weighted by molar-refractivity contribution is -0.0208. The van der Waals surface area contributed by atoms with Crippen LogP contribution in [0.2, 0.25) is 5.02 Å². The molecule has 0 spiro atoms. The van der Waals surface area contributed by atoms with Gasteiger partial charge in [0.2, 0.25) is 0 Å². The number of rotatable bonds is 8. The minimum absolute atomic E-state index is 0.586. The molecule has 5 nitrogen and oxygen atoms in total. The van der Waals surface area contributed by atoms with Gasteiger partial charge in [0.05, 0.1) is 23.9 Å². The first-order chi connectivity index (χ1) is 12.6. The maximum absolute atomic E-state index is 10.9. The number of piperidine rings is 1. The van der Waals surface area contributed by atoms with Crippen LogP contribution >= 0.6 is 11.6 Å². The molecule has 2 aromatic rings. The van der Waals surface area contributed by atoms with E-state index in [4.69, 9.17) is 16.3 Å². The number of nitrogens with zero attached hydrogens (tertiary/aromatic N) is 3. The molecule has 1 aliphatic rings. The van der Waals surface area contributed by atoms with Crippen molar-refractivity contribution in [3.63, 3.8) is 0 Å². The van der Waals surface area contributed by atoms with Gasteiger partial charge in [0, 0.05) is 32.3 Å². The van der Waals surface area contributed by atoms with E-state index in [9.17, 15) is 5.11 Å². The predicted molar refractivity (Wildman–Crippen MR) is 104 cm³/mol. The smallest absolute Gasteiger partial charge is 0.118 e. The SMILES string of the molecule is COc1ccc(CC2(O)CCN(CCCCn3cc(Cl)cn3)CC2)cc1. The Hall–Kier alpha value is -1.56. The van der Waals surface area contributed by atoms with E-state index in [0.717, 1.165) is 57.6 Å². The van der Waals surface area contributed by atoms with Crippen molar-refractivity contribution < 1.29 is 9.84 Å². The number of benzene rings is 1. The third kappa shape index (κ3) is 5.47. The largest absolute Gasteiger partial charge is 0.497 e. The zero-order valence-corrected chi connectivity index (χ0v) is 16.2. The number of aliphatic hydroxyl groups is 1. The average molecular weight is 378 g/mol. The van der Waals surface area contributed by atoms with Gasteiger partial charge in [-0.05, 0) is 49.9 Å². The third-order valence-corrected chi connectivity index (χ3v) is 5.39. The number of likely N-dealkylation sites (tertiary alicyclic amines) is 1. The van der Waals surface area contributed by atoms with Gasteiger partial charge in [-0.2, -0.15) is 5.10 Å². The van der Waals surface area contributed by atoms with E-state index >= 15 is 0 Å².